The number of nitrogens with zero attached hydrogens (tertiary/aromatic N) is 1. The van der Waals surface area contributed by atoms with Gasteiger partial charge in [0.1, 0.15) is 23.2 Å². The topological polar surface area (TPSA) is 105 Å². The van der Waals surface area contributed by atoms with Gasteiger partial charge in [-0.3, -0.25) is 9.59 Å². The molecule has 0 unspecified atom stereocenters. The minimum atomic E-state index is -0.608. The highest BCUT2D eigenvalue weighted by Crippen LogP contribution is 2.16. The molecule has 0 aliphatic rings. The highest BCUT2D eigenvalue weighted by atomic mass is 19.1. The van der Waals surface area contributed by atoms with E-state index in [9.17, 15) is 14.0 Å². The highest BCUT2D eigenvalue weighted by Gasteiger charge is 2.09. The Bertz CT molecular complexity index is 837. The Labute approximate surface area is 143 Å². The van der Waals surface area contributed by atoms with Crippen LogP contribution < -0.4 is 15.8 Å². The van der Waals surface area contributed by atoms with Crippen molar-refractivity contribution in [2.24, 2.45) is 5.73 Å². The fraction of sp³-hybridized carbons (Fsp3) is 0.0556. The normalized spacial score (nSPS) is 10.6. The molecule has 0 fully saturated rings. The van der Waals surface area contributed by atoms with Gasteiger partial charge in [0.05, 0.1) is 0 Å². The molecule has 7 heteroatoms. The molecule has 0 spiro atoms. The van der Waals surface area contributed by atoms with Crippen molar-refractivity contribution in [3.63, 3.8) is 0 Å². The summed E-state index contributed by atoms with van der Waals surface area (Å²) in [6.45, 7) is -0.237. The van der Waals surface area contributed by atoms with E-state index < -0.39 is 17.6 Å². The molecule has 0 aliphatic carbocycles. The Balaban J connectivity index is 2.08. The molecule has 2 rings (SSSR count). The number of benzene rings is 2. The van der Waals surface area contributed by atoms with Gasteiger partial charge in [0, 0.05) is 5.69 Å². The molecule has 0 aliphatic heterocycles. The van der Waals surface area contributed by atoms with Crippen LogP contribution in [0.2, 0.25) is 0 Å². The second-order valence-electron chi connectivity index (χ2n) is 4.95. The lowest BCUT2D eigenvalue weighted by Gasteiger charge is -2.05. The van der Waals surface area contributed by atoms with E-state index in [0.717, 1.165) is 0 Å². The molecule has 0 radical (unpaired) electrons. The Morgan fingerprint density at radius 2 is 1.80 bits per heavy atom. The zero-order valence-electron chi connectivity index (χ0n) is 13.0. The van der Waals surface area contributed by atoms with Crippen molar-refractivity contribution >= 4 is 23.6 Å². The number of nitriles is 1. The number of carbonyl (C=O) groups excluding carboxylic acids is 2. The van der Waals surface area contributed by atoms with E-state index in [-0.39, 0.29) is 12.2 Å². The summed E-state index contributed by atoms with van der Waals surface area (Å²) in [6.07, 6.45) is 1.40. The maximum atomic E-state index is 12.9. The van der Waals surface area contributed by atoms with Gasteiger partial charge in [-0.2, -0.15) is 5.26 Å². The number of anilines is 1. The smallest absolute Gasteiger partial charge is 0.266 e. The second kappa shape index (κ2) is 8.26. The fourth-order valence-electron chi connectivity index (χ4n) is 1.86. The first-order valence-corrected chi connectivity index (χ1v) is 7.18. The van der Waals surface area contributed by atoms with Crippen LogP contribution in [0.15, 0.2) is 54.1 Å². The number of carbonyl (C=O) groups is 2. The predicted molar refractivity (Wildman–Crippen MR) is 89.8 cm³/mol. The molecule has 0 atom stereocenters. The maximum Gasteiger partial charge on any atom is 0.266 e. The SMILES string of the molecule is N#C/C(=C\c1ccc(OCC(N)=O)cc1)C(=O)Nc1ccc(F)cc1. The zero-order chi connectivity index (χ0) is 18.2. The quantitative estimate of drug-likeness (QED) is 0.622. The van der Waals surface area contributed by atoms with E-state index in [4.69, 9.17) is 15.7 Å². The first-order chi connectivity index (χ1) is 12.0. The number of nitrogens with two attached hydrogens (primary N) is 1. The number of halogens is 1. The van der Waals surface area contributed by atoms with Crippen molar-refractivity contribution < 1.29 is 18.7 Å². The molecule has 25 heavy (non-hydrogen) atoms. The summed E-state index contributed by atoms with van der Waals surface area (Å²) < 4.78 is 18.0. The number of amides is 2. The maximum absolute atomic E-state index is 12.9. The minimum absolute atomic E-state index is 0.116. The fourth-order valence-corrected chi connectivity index (χ4v) is 1.86. The molecule has 3 N–H and O–H groups in total. The Hall–Kier alpha value is -3.66. The van der Waals surface area contributed by atoms with Crippen molar-refractivity contribution in [3.05, 3.63) is 65.5 Å². The van der Waals surface area contributed by atoms with Crippen LogP contribution in [0.4, 0.5) is 10.1 Å². The summed E-state index contributed by atoms with van der Waals surface area (Å²) in [5.74, 6) is -1.19. The van der Waals surface area contributed by atoms with Gasteiger partial charge in [-0.25, -0.2) is 4.39 Å². The van der Waals surface area contributed by atoms with Crippen molar-refractivity contribution in [1.29, 1.82) is 5.26 Å². The molecule has 2 amide bonds. The summed E-state index contributed by atoms with van der Waals surface area (Å²) in [4.78, 5) is 22.8. The van der Waals surface area contributed by atoms with Crippen molar-refractivity contribution in [2.75, 3.05) is 11.9 Å². The standard InChI is InChI=1S/C18H14FN3O3/c19-14-3-5-15(6-4-14)22-18(24)13(10-20)9-12-1-7-16(8-2-12)25-11-17(21)23/h1-9H,11H2,(H2,21,23)(H,22,24)/b13-9+. The third kappa shape index (κ3) is 5.48. The van der Waals surface area contributed by atoms with Crippen molar-refractivity contribution in [3.8, 4) is 11.8 Å². The molecule has 0 heterocycles. The summed E-state index contributed by atoms with van der Waals surface area (Å²) in [5, 5.41) is 11.7. The number of nitrogens with one attached hydrogen (secondary N) is 1. The van der Waals surface area contributed by atoms with Gasteiger partial charge in [0.25, 0.3) is 11.8 Å². The van der Waals surface area contributed by atoms with E-state index in [1.807, 2.05) is 6.07 Å². The molecule has 2 aromatic carbocycles. The van der Waals surface area contributed by atoms with Gasteiger partial charge >= 0.3 is 0 Å². The van der Waals surface area contributed by atoms with Crippen molar-refractivity contribution in [1.82, 2.24) is 0 Å². The van der Waals surface area contributed by atoms with Gasteiger partial charge in [-0.1, -0.05) is 12.1 Å². The third-order valence-electron chi connectivity index (χ3n) is 3.04. The lowest BCUT2D eigenvalue weighted by atomic mass is 10.1. The number of hydrogen-bond donors (Lipinski definition) is 2. The van der Waals surface area contributed by atoms with Crippen LogP contribution >= 0.6 is 0 Å². The van der Waals surface area contributed by atoms with Crippen LogP contribution in [-0.2, 0) is 9.59 Å². The van der Waals surface area contributed by atoms with Crippen LogP contribution in [0.25, 0.3) is 6.08 Å². The van der Waals surface area contributed by atoms with Gasteiger partial charge in [0.15, 0.2) is 6.61 Å². The molecule has 0 bridgehead atoms. The number of rotatable bonds is 6. The monoisotopic (exact) mass is 339 g/mol. The third-order valence-corrected chi connectivity index (χ3v) is 3.04. The molecule has 0 saturated heterocycles. The summed E-state index contributed by atoms with van der Waals surface area (Å²) in [5.41, 5.74) is 5.84. The first kappa shape index (κ1) is 17.7. The van der Waals surface area contributed by atoms with Crippen LogP contribution in [0.5, 0.6) is 5.75 Å². The van der Waals surface area contributed by atoms with E-state index in [1.54, 1.807) is 24.3 Å². The van der Waals surface area contributed by atoms with Crippen LogP contribution in [0, 0.1) is 17.1 Å². The van der Waals surface area contributed by atoms with Gasteiger partial charge in [-0.05, 0) is 48.0 Å². The largest absolute Gasteiger partial charge is 0.484 e. The van der Waals surface area contributed by atoms with Gasteiger partial charge < -0.3 is 15.8 Å². The van der Waals surface area contributed by atoms with E-state index in [0.29, 0.717) is 17.0 Å². The second-order valence-corrected chi connectivity index (χ2v) is 4.95. The average molecular weight is 339 g/mol. The summed E-state index contributed by atoms with van der Waals surface area (Å²) in [7, 11) is 0. The predicted octanol–water partition coefficient (Wildman–Crippen LogP) is 2.24. The Kier molecular flexibility index (Phi) is 5.85. The molecule has 0 aromatic heterocycles. The molecule has 0 saturated carbocycles. The number of ether oxygens (including phenoxy) is 1. The Morgan fingerprint density at radius 3 is 2.36 bits per heavy atom. The van der Waals surface area contributed by atoms with Crippen LogP contribution in [-0.4, -0.2) is 18.4 Å². The van der Waals surface area contributed by atoms with E-state index in [1.165, 1.54) is 30.3 Å². The lowest BCUT2D eigenvalue weighted by Crippen LogP contribution is -2.19. The van der Waals surface area contributed by atoms with E-state index >= 15 is 0 Å². The number of hydrogen-bond acceptors (Lipinski definition) is 4. The average Bonchev–Trinajstić information content (AvgIpc) is 2.60. The van der Waals surface area contributed by atoms with Gasteiger partial charge in [0.2, 0.25) is 0 Å². The lowest BCUT2D eigenvalue weighted by molar-refractivity contribution is -0.120. The Morgan fingerprint density at radius 1 is 1.16 bits per heavy atom. The highest BCUT2D eigenvalue weighted by molar-refractivity contribution is 6.09. The molecule has 126 valence electrons. The zero-order valence-corrected chi connectivity index (χ0v) is 13.0. The minimum Gasteiger partial charge on any atom is -0.484 e. The van der Waals surface area contributed by atoms with Gasteiger partial charge in [-0.15, -0.1) is 0 Å². The van der Waals surface area contributed by atoms with Crippen LogP contribution in [0.3, 0.4) is 0 Å². The first-order valence-electron chi connectivity index (χ1n) is 7.18. The van der Waals surface area contributed by atoms with Crippen LogP contribution in [0.1, 0.15) is 5.56 Å². The number of primary amides is 1. The molecular formula is C18H14FN3O3. The molecule has 6 nitrogen and oxygen atoms in total. The summed E-state index contributed by atoms with van der Waals surface area (Å²) >= 11 is 0. The summed E-state index contributed by atoms with van der Waals surface area (Å²) in [6, 6.07) is 13.4. The molecule has 2 aromatic rings. The van der Waals surface area contributed by atoms with Crippen molar-refractivity contribution in [2.45, 2.75) is 0 Å². The van der Waals surface area contributed by atoms with E-state index in [2.05, 4.69) is 5.32 Å². The molecular weight excluding hydrogens is 325 g/mol.